The molecule has 1 unspecified atom stereocenters. The van der Waals surface area contributed by atoms with E-state index in [1.54, 1.807) is 0 Å². The topological polar surface area (TPSA) is 62.2 Å². The van der Waals surface area contributed by atoms with Crippen molar-refractivity contribution in [1.29, 1.82) is 0 Å². The monoisotopic (exact) mass is 420 g/mol. The highest BCUT2D eigenvalue weighted by Crippen LogP contribution is 2.39. The molecule has 1 aliphatic rings. The minimum Gasteiger partial charge on any atom is -0.481 e. The minimum atomic E-state index is -0.790. The van der Waals surface area contributed by atoms with E-state index in [4.69, 9.17) is 16.7 Å². The number of anilines is 2. The summed E-state index contributed by atoms with van der Waals surface area (Å²) in [6.45, 7) is 0. The smallest absolute Gasteiger partial charge is 0.312 e. The lowest BCUT2D eigenvalue weighted by Gasteiger charge is -2.06. The van der Waals surface area contributed by atoms with E-state index in [0.717, 1.165) is 25.7 Å². The highest BCUT2D eigenvalue weighted by molar-refractivity contribution is 14.1. The van der Waals surface area contributed by atoms with Crippen LogP contribution in [-0.4, -0.2) is 16.1 Å². The molecule has 104 valence electrons. The molecule has 0 fully saturated rings. The first kappa shape index (κ1) is 14.1. The maximum atomic E-state index is 11.2. The highest BCUT2D eigenvalue weighted by atomic mass is 127. The average Bonchev–Trinajstić information content (AvgIpc) is 2.91. The maximum Gasteiger partial charge on any atom is 0.312 e. The van der Waals surface area contributed by atoms with Crippen LogP contribution < -0.4 is 5.32 Å². The zero-order valence-corrected chi connectivity index (χ0v) is 13.9. The Labute approximate surface area is 138 Å². The quantitative estimate of drug-likeness (QED) is 0.729. The summed E-state index contributed by atoms with van der Waals surface area (Å²) in [6.07, 6.45) is 1.45. The normalized spacial score (nSPS) is 17.0. The second-order valence-corrected chi connectivity index (χ2v) is 7.19. The van der Waals surface area contributed by atoms with Crippen molar-refractivity contribution in [2.24, 2.45) is 0 Å². The van der Waals surface area contributed by atoms with Crippen LogP contribution in [0, 0.1) is 3.57 Å². The minimum absolute atomic E-state index is 0.457. The molecule has 2 N–H and O–H groups in total. The first-order valence-corrected chi connectivity index (χ1v) is 8.26. The van der Waals surface area contributed by atoms with Gasteiger partial charge >= 0.3 is 5.97 Å². The number of carbonyl (C=O) groups is 1. The van der Waals surface area contributed by atoms with E-state index < -0.39 is 11.9 Å². The van der Waals surface area contributed by atoms with Gasteiger partial charge in [-0.1, -0.05) is 11.6 Å². The summed E-state index contributed by atoms with van der Waals surface area (Å²) in [6, 6.07) is 5.57. The molecule has 3 rings (SSSR count). The van der Waals surface area contributed by atoms with E-state index in [0.29, 0.717) is 17.1 Å². The Morgan fingerprint density at radius 1 is 1.55 bits per heavy atom. The average molecular weight is 421 g/mol. The molecule has 0 amide bonds. The van der Waals surface area contributed by atoms with E-state index >= 15 is 0 Å². The fourth-order valence-corrected chi connectivity index (χ4v) is 4.28. The standard InChI is InChI=1S/C13H10ClIN2O2S/c14-6-1-3-9(8(15)5-6)16-13-17-11-7(12(18)19)2-4-10(11)20-13/h1,3,5,7H,2,4H2,(H,16,17)(H,18,19). The van der Waals surface area contributed by atoms with Crippen LogP contribution in [0.2, 0.25) is 5.02 Å². The second-order valence-electron chi connectivity index (χ2n) is 4.51. The maximum absolute atomic E-state index is 11.2. The molecule has 0 bridgehead atoms. The first-order valence-electron chi connectivity index (χ1n) is 5.99. The van der Waals surface area contributed by atoms with Crippen LogP contribution >= 0.6 is 45.5 Å². The summed E-state index contributed by atoms with van der Waals surface area (Å²) >= 11 is 9.66. The number of hydrogen-bond donors (Lipinski definition) is 2. The predicted molar refractivity (Wildman–Crippen MR) is 88.3 cm³/mol. The van der Waals surface area contributed by atoms with Gasteiger partial charge in [-0.25, -0.2) is 4.98 Å². The summed E-state index contributed by atoms with van der Waals surface area (Å²) in [4.78, 5) is 16.7. The largest absolute Gasteiger partial charge is 0.481 e. The van der Waals surface area contributed by atoms with Crippen LogP contribution in [0.3, 0.4) is 0 Å². The van der Waals surface area contributed by atoms with Crippen LogP contribution in [0.15, 0.2) is 18.2 Å². The summed E-state index contributed by atoms with van der Waals surface area (Å²) in [5.74, 6) is -1.25. The van der Waals surface area contributed by atoms with E-state index in [9.17, 15) is 4.79 Å². The molecule has 2 aromatic rings. The van der Waals surface area contributed by atoms with Crippen molar-refractivity contribution in [3.8, 4) is 0 Å². The lowest BCUT2D eigenvalue weighted by atomic mass is 10.1. The van der Waals surface area contributed by atoms with Crippen molar-refractivity contribution in [1.82, 2.24) is 4.98 Å². The van der Waals surface area contributed by atoms with Gasteiger partial charge in [0, 0.05) is 13.5 Å². The number of halogens is 2. The molecule has 1 aliphatic carbocycles. The van der Waals surface area contributed by atoms with Crippen molar-refractivity contribution >= 4 is 62.3 Å². The van der Waals surface area contributed by atoms with Crippen molar-refractivity contribution in [3.63, 3.8) is 0 Å². The van der Waals surface area contributed by atoms with Gasteiger partial charge < -0.3 is 10.4 Å². The number of carboxylic acid groups (broad SMARTS) is 1. The molecule has 4 nitrogen and oxygen atoms in total. The van der Waals surface area contributed by atoms with Gasteiger partial charge in [-0.3, -0.25) is 4.79 Å². The second kappa shape index (κ2) is 5.50. The van der Waals surface area contributed by atoms with Gasteiger partial charge in [0.1, 0.15) is 5.92 Å². The lowest BCUT2D eigenvalue weighted by molar-refractivity contribution is -0.138. The number of nitrogens with one attached hydrogen (secondary N) is 1. The summed E-state index contributed by atoms with van der Waals surface area (Å²) < 4.78 is 1.00. The molecule has 1 atom stereocenters. The van der Waals surface area contributed by atoms with Crippen molar-refractivity contribution in [2.45, 2.75) is 18.8 Å². The van der Waals surface area contributed by atoms with E-state index in [2.05, 4.69) is 32.9 Å². The molecular weight excluding hydrogens is 411 g/mol. The fraction of sp³-hybridized carbons (Fsp3) is 0.231. The van der Waals surface area contributed by atoms with Crippen molar-refractivity contribution < 1.29 is 9.90 Å². The zero-order valence-electron chi connectivity index (χ0n) is 10.2. The number of aromatic nitrogens is 1. The molecule has 0 saturated carbocycles. The van der Waals surface area contributed by atoms with Gasteiger partial charge in [0.05, 0.1) is 11.4 Å². The van der Waals surface area contributed by atoms with Gasteiger partial charge in [-0.15, -0.1) is 11.3 Å². The van der Waals surface area contributed by atoms with Gasteiger partial charge in [0.15, 0.2) is 5.13 Å². The number of benzene rings is 1. The van der Waals surface area contributed by atoms with E-state index in [1.807, 2.05) is 18.2 Å². The fourth-order valence-electron chi connectivity index (χ4n) is 2.23. The number of fused-ring (bicyclic) bond motifs is 1. The zero-order chi connectivity index (χ0) is 14.3. The third-order valence-corrected chi connectivity index (χ3v) is 5.36. The van der Waals surface area contributed by atoms with Crippen molar-refractivity contribution in [3.05, 3.63) is 37.4 Å². The molecule has 0 saturated heterocycles. The summed E-state index contributed by atoms with van der Waals surface area (Å²) in [7, 11) is 0. The molecule has 0 spiro atoms. The predicted octanol–water partition coefficient (Wildman–Crippen LogP) is 4.26. The number of aryl methyl sites for hydroxylation is 1. The molecule has 0 aliphatic heterocycles. The number of thiazole rings is 1. The molecule has 0 radical (unpaired) electrons. The number of nitrogens with zero attached hydrogens (tertiary/aromatic N) is 1. The molecule has 1 heterocycles. The van der Waals surface area contributed by atoms with Crippen LogP contribution in [0.1, 0.15) is 22.9 Å². The first-order chi connectivity index (χ1) is 9.54. The Hall–Kier alpha value is -0.860. The van der Waals surface area contributed by atoms with Gasteiger partial charge in [0.25, 0.3) is 0 Å². The lowest BCUT2D eigenvalue weighted by Crippen LogP contribution is -2.08. The Morgan fingerprint density at radius 2 is 2.35 bits per heavy atom. The Bertz CT molecular complexity index is 689. The Balaban J connectivity index is 1.86. The molecular formula is C13H10ClIN2O2S. The number of hydrogen-bond acceptors (Lipinski definition) is 4. The molecule has 1 aromatic heterocycles. The van der Waals surface area contributed by atoms with Gasteiger partial charge in [-0.05, 0) is 53.6 Å². The van der Waals surface area contributed by atoms with Crippen LogP contribution in [0.4, 0.5) is 10.8 Å². The highest BCUT2D eigenvalue weighted by Gasteiger charge is 2.32. The summed E-state index contributed by atoms with van der Waals surface area (Å²) in [5, 5.41) is 13.8. The van der Waals surface area contributed by atoms with E-state index in [-0.39, 0.29) is 0 Å². The molecule has 20 heavy (non-hydrogen) atoms. The third kappa shape index (κ3) is 2.64. The SMILES string of the molecule is O=C(O)C1CCc2sc(Nc3ccc(Cl)cc3I)nc21. The Morgan fingerprint density at radius 3 is 3.05 bits per heavy atom. The summed E-state index contributed by atoms with van der Waals surface area (Å²) in [5.41, 5.74) is 1.64. The van der Waals surface area contributed by atoms with Gasteiger partial charge in [0.2, 0.25) is 0 Å². The van der Waals surface area contributed by atoms with Crippen LogP contribution in [-0.2, 0) is 11.2 Å². The number of carboxylic acids is 1. The number of rotatable bonds is 3. The molecule has 7 heteroatoms. The van der Waals surface area contributed by atoms with Crippen LogP contribution in [0.25, 0.3) is 0 Å². The molecule has 1 aromatic carbocycles. The third-order valence-electron chi connectivity index (χ3n) is 3.19. The van der Waals surface area contributed by atoms with Crippen molar-refractivity contribution in [2.75, 3.05) is 5.32 Å². The number of aliphatic carboxylic acids is 1. The Kier molecular flexibility index (Phi) is 3.87. The van der Waals surface area contributed by atoms with Crippen LogP contribution in [0.5, 0.6) is 0 Å². The van der Waals surface area contributed by atoms with Gasteiger partial charge in [-0.2, -0.15) is 0 Å². The van der Waals surface area contributed by atoms with E-state index in [1.165, 1.54) is 11.3 Å².